The molecule has 0 spiro atoms. The Morgan fingerprint density at radius 3 is 2.21 bits per heavy atom. The number of nitrogens with one attached hydrogen (secondary N) is 1. The molecule has 1 unspecified atom stereocenters. The van der Waals surface area contributed by atoms with Crippen molar-refractivity contribution < 1.29 is 19.0 Å². The monoisotopic (exact) mass is 329 g/mol. The first-order valence-corrected chi connectivity index (χ1v) is 7.81. The van der Waals surface area contributed by atoms with E-state index in [1.165, 1.54) is 5.56 Å². The van der Waals surface area contributed by atoms with Crippen LogP contribution >= 0.6 is 0 Å². The third-order valence-electron chi connectivity index (χ3n) is 3.70. The number of amides is 1. The first-order chi connectivity index (χ1) is 11.7. The van der Waals surface area contributed by atoms with Crippen LogP contribution in [0.1, 0.15) is 18.4 Å². The smallest absolute Gasteiger partial charge is 0.257 e. The van der Waals surface area contributed by atoms with Gasteiger partial charge in [0.15, 0.2) is 18.1 Å². The molecule has 2 rings (SSSR count). The molecule has 2 aromatic carbocycles. The number of rotatable bonds is 8. The van der Waals surface area contributed by atoms with Gasteiger partial charge in [-0.3, -0.25) is 4.79 Å². The summed E-state index contributed by atoms with van der Waals surface area (Å²) in [5.74, 6) is 1.52. The molecule has 0 aliphatic rings. The Bertz CT molecular complexity index is 635. The average molecular weight is 329 g/mol. The Balaban J connectivity index is 1.88. The maximum atomic E-state index is 12.0. The van der Waals surface area contributed by atoms with Crippen molar-refractivity contribution in [2.75, 3.05) is 27.4 Å². The lowest BCUT2D eigenvalue weighted by Gasteiger charge is -2.15. The molecule has 24 heavy (non-hydrogen) atoms. The van der Waals surface area contributed by atoms with Crippen molar-refractivity contribution in [3.8, 4) is 17.2 Å². The molecule has 0 radical (unpaired) electrons. The first-order valence-electron chi connectivity index (χ1n) is 7.81. The highest BCUT2D eigenvalue weighted by Gasteiger charge is 2.14. The fourth-order valence-corrected chi connectivity index (χ4v) is 2.31. The molecular formula is C19H23NO4. The Hall–Kier alpha value is -2.69. The molecular weight excluding hydrogens is 306 g/mol. The van der Waals surface area contributed by atoms with Gasteiger partial charge in [-0.2, -0.15) is 0 Å². The van der Waals surface area contributed by atoms with Gasteiger partial charge < -0.3 is 19.5 Å². The van der Waals surface area contributed by atoms with E-state index in [0.29, 0.717) is 23.8 Å². The average Bonchev–Trinajstić information content (AvgIpc) is 2.64. The lowest BCUT2D eigenvalue weighted by molar-refractivity contribution is -0.123. The van der Waals surface area contributed by atoms with E-state index in [-0.39, 0.29) is 18.4 Å². The van der Waals surface area contributed by atoms with Gasteiger partial charge in [-0.1, -0.05) is 43.3 Å². The summed E-state index contributed by atoms with van der Waals surface area (Å²) < 4.78 is 16.1. The molecule has 0 saturated heterocycles. The van der Waals surface area contributed by atoms with Crippen molar-refractivity contribution >= 4 is 5.91 Å². The number of hydrogen-bond donors (Lipinski definition) is 1. The van der Waals surface area contributed by atoms with Gasteiger partial charge in [-0.05, 0) is 23.6 Å². The summed E-state index contributed by atoms with van der Waals surface area (Å²) in [5.41, 5.74) is 1.19. The summed E-state index contributed by atoms with van der Waals surface area (Å²) in [5, 5.41) is 2.88. The van der Waals surface area contributed by atoms with E-state index in [1.54, 1.807) is 32.4 Å². The van der Waals surface area contributed by atoms with Gasteiger partial charge in [0.2, 0.25) is 5.75 Å². The molecule has 0 aliphatic carbocycles. The highest BCUT2D eigenvalue weighted by Crippen LogP contribution is 2.36. The van der Waals surface area contributed by atoms with Crippen LogP contribution in [-0.4, -0.2) is 33.3 Å². The summed E-state index contributed by atoms with van der Waals surface area (Å²) in [6.45, 7) is 2.52. The Morgan fingerprint density at radius 2 is 1.62 bits per heavy atom. The van der Waals surface area contributed by atoms with Gasteiger partial charge in [0.25, 0.3) is 5.91 Å². The van der Waals surface area contributed by atoms with Crippen molar-refractivity contribution in [2.45, 2.75) is 12.8 Å². The predicted molar refractivity (Wildman–Crippen MR) is 92.9 cm³/mol. The molecule has 5 nitrogen and oxygen atoms in total. The third kappa shape index (κ3) is 4.65. The van der Waals surface area contributed by atoms with Crippen molar-refractivity contribution in [1.82, 2.24) is 5.32 Å². The Kier molecular flexibility index (Phi) is 6.49. The molecule has 0 heterocycles. The summed E-state index contributed by atoms with van der Waals surface area (Å²) in [7, 11) is 3.09. The second-order valence-corrected chi connectivity index (χ2v) is 5.40. The van der Waals surface area contributed by atoms with E-state index in [0.717, 1.165) is 0 Å². The maximum Gasteiger partial charge on any atom is 0.257 e. The molecule has 0 saturated carbocycles. The molecule has 1 amide bonds. The normalized spacial score (nSPS) is 11.5. The minimum absolute atomic E-state index is 0.0990. The van der Waals surface area contributed by atoms with E-state index in [1.807, 2.05) is 30.3 Å². The number of methoxy groups -OCH3 is 2. The van der Waals surface area contributed by atoms with E-state index < -0.39 is 0 Å². The van der Waals surface area contributed by atoms with Gasteiger partial charge in [-0.25, -0.2) is 0 Å². The second kappa shape index (κ2) is 8.82. The summed E-state index contributed by atoms with van der Waals surface area (Å²) >= 11 is 0. The molecule has 0 aliphatic heterocycles. The molecule has 1 atom stereocenters. The number of ether oxygens (including phenoxy) is 3. The van der Waals surface area contributed by atoms with Crippen LogP contribution in [0.4, 0.5) is 0 Å². The fourth-order valence-electron chi connectivity index (χ4n) is 2.31. The zero-order chi connectivity index (χ0) is 17.4. The minimum Gasteiger partial charge on any atom is -0.493 e. The van der Waals surface area contributed by atoms with Crippen molar-refractivity contribution in [3.63, 3.8) is 0 Å². The predicted octanol–water partition coefficient (Wildman–Crippen LogP) is 3.00. The van der Waals surface area contributed by atoms with Crippen molar-refractivity contribution in [1.29, 1.82) is 0 Å². The highest BCUT2D eigenvalue weighted by molar-refractivity contribution is 5.77. The quantitative estimate of drug-likeness (QED) is 0.809. The number of carbonyl (C=O) groups excluding carboxylic acids is 1. The van der Waals surface area contributed by atoms with Crippen LogP contribution in [-0.2, 0) is 4.79 Å². The van der Waals surface area contributed by atoms with Gasteiger partial charge in [-0.15, -0.1) is 0 Å². The zero-order valence-electron chi connectivity index (χ0n) is 14.2. The standard InChI is InChI=1S/C19H23NO4/c1-14(15-8-5-4-6-9-15)12-20-18(21)13-24-19-16(22-2)10-7-11-17(19)23-3/h4-11,14H,12-13H2,1-3H3,(H,20,21). The van der Waals surface area contributed by atoms with E-state index >= 15 is 0 Å². The summed E-state index contributed by atoms with van der Waals surface area (Å²) in [4.78, 5) is 12.0. The van der Waals surface area contributed by atoms with Gasteiger partial charge in [0.05, 0.1) is 14.2 Å². The van der Waals surface area contributed by atoms with E-state index in [4.69, 9.17) is 14.2 Å². The molecule has 2 aromatic rings. The van der Waals surface area contributed by atoms with Crippen LogP contribution in [0, 0.1) is 0 Å². The van der Waals surface area contributed by atoms with Gasteiger partial charge >= 0.3 is 0 Å². The van der Waals surface area contributed by atoms with Gasteiger partial charge in [0.1, 0.15) is 0 Å². The second-order valence-electron chi connectivity index (χ2n) is 5.40. The van der Waals surface area contributed by atoms with Crippen LogP contribution in [0.15, 0.2) is 48.5 Å². The van der Waals surface area contributed by atoms with Gasteiger partial charge in [0, 0.05) is 6.54 Å². The van der Waals surface area contributed by atoms with Crippen molar-refractivity contribution in [3.05, 3.63) is 54.1 Å². The van der Waals surface area contributed by atoms with Crippen LogP contribution in [0.5, 0.6) is 17.2 Å². The van der Waals surface area contributed by atoms with Crippen LogP contribution in [0.3, 0.4) is 0 Å². The van der Waals surface area contributed by atoms with E-state index in [9.17, 15) is 4.79 Å². The Morgan fingerprint density at radius 1 is 1.00 bits per heavy atom. The third-order valence-corrected chi connectivity index (χ3v) is 3.70. The largest absolute Gasteiger partial charge is 0.493 e. The summed E-state index contributed by atoms with van der Waals surface area (Å²) in [6, 6.07) is 15.4. The summed E-state index contributed by atoms with van der Waals surface area (Å²) in [6.07, 6.45) is 0. The zero-order valence-corrected chi connectivity index (χ0v) is 14.2. The van der Waals surface area contributed by atoms with Crippen molar-refractivity contribution in [2.24, 2.45) is 0 Å². The SMILES string of the molecule is COc1cccc(OC)c1OCC(=O)NCC(C)c1ccccc1. The van der Waals surface area contributed by atoms with Crippen LogP contribution < -0.4 is 19.5 Å². The molecule has 0 aromatic heterocycles. The highest BCUT2D eigenvalue weighted by atomic mass is 16.5. The topological polar surface area (TPSA) is 56.8 Å². The molecule has 128 valence electrons. The number of carbonyl (C=O) groups is 1. The lowest BCUT2D eigenvalue weighted by atomic mass is 10.0. The first kappa shape index (κ1) is 17.7. The molecule has 0 fully saturated rings. The maximum absolute atomic E-state index is 12.0. The fraction of sp³-hybridized carbons (Fsp3) is 0.316. The van der Waals surface area contributed by atoms with Crippen LogP contribution in [0.25, 0.3) is 0 Å². The number of para-hydroxylation sites is 1. The molecule has 1 N–H and O–H groups in total. The van der Waals surface area contributed by atoms with Crippen LogP contribution in [0.2, 0.25) is 0 Å². The minimum atomic E-state index is -0.189. The Labute approximate surface area is 142 Å². The molecule has 0 bridgehead atoms. The lowest BCUT2D eigenvalue weighted by Crippen LogP contribution is -2.31. The number of hydrogen-bond acceptors (Lipinski definition) is 4. The number of benzene rings is 2. The molecule has 5 heteroatoms. The van der Waals surface area contributed by atoms with E-state index in [2.05, 4.69) is 12.2 Å².